The predicted octanol–water partition coefficient (Wildman–Crippen LogP) is 1.79. The lowest BCUT2D eigenvalue weighted by atomic mass is 10.0. The minimum Gasteiger partial charge on any atom is -0.389 e. The molecule has 1 atom stereocenters. The summed E-state index contributed by atoms with van der Waals surface area (Å²) in [6, 6.07) is 9.52. The van der Waals surface area contributed by atoms with E-state index in [2.05, 4.69) is 15.5 Å². The summed E-state index contributed by atoms with van der Waals surface area (Å²) in [5, 5.41) is 9.24. The lowest BCUT2D eigenvalue weighted by Crippen LogP contribution is -2.21. The minimum absolute atomic E-state index is 0.145. The molecule has 0 aliphatic heterocycles. The van der Waals surface area contributed by atoms with Crippen LogP contribution in [0.25, 0.3) is 0 Å². The molecule has 98 valence electrons. The Kier molecular flexibility index (Phi) is 3.91. The van der Waals surface area contributed by atoms with Gasteiger partial charge in [0.25, 0.3) is 0 Å². The summed E-state index contributed by atoms with van der Waals surface area (Å²) in [5.41, 5.74) is 7.01. The highest BCUT2D eigenvalue weighted by atomic mass is 32.1. The summed E-state index contributed by atoms with van der Waals surface area (Å²) in [6.45, 7) is 1.83. The molecule has 1 aromatic heterocycles. The Balaban J connectivity index is 2.13. The van der Waals surface area contributed by atoms with Gasteiger partial charge in [0.15, 0.2) is 0 Å². The number of aromatic nitrogens is 2. The van der Waals surface area contributed by atoms with Gasteiger partial charge >= 0.3 is 0 Å². The topological polar surface area (TPSA) is 83.8 Å². The first-order chi connectivity index (χ1) is 9.09. The monoisotopic (exact) mass is 274 g/mol. The van der Waals surface area contributed by atoms with Gasteiger partial charge in [0.1, 0.15) is 10.8 Å². The second kappa shape index (κ2) is 5.62. The summed E-state index contributed by atoms with van der Waals surface area (Å²) < 4.78 is 0. The number of thiocarbonyl (C=S) groups is 1. The van der Waals surface area contributed by atoms with Gasteiger partial charge in [0.2, 0.25) is 5.91 Å². The Morgan fingerprint density at radius 2 is 2.11 bits per heavy atom. The van der Waals surface area contributed by atoms with Crippen LogP contribution in [0.1, 0.15) is 24.0 Å². The van der Waals surface area contributed by atoms with Crippen molar-refractivity contribution >= 4 is 28.9 Å². The van der Waals surface area contributed by atoms with E-state index in [1.165, 1.54) is 6.20 Å². The van der Waals surface area contributed by atoms with Crippen LogP contribution in [-0.4, -0.2) is 21.1 Å². The van der Waals surface area contributed by atoms with Gasteiger partial charge < -0.3 is 11.1 Å². The van der Waals surface area contributed by atoms with Gasteiger partial charge in [-0.1, -0.05) is 42.5 Å². The number of aromatic amines is 1. The van der Waals surface area contributed by atoms with Crippen LogP contribution in [0.5, 0.6) is 0 Å². The van der Waals surface area contributed by atoms with Crippen LogP contribution < -0.4 is 11.1 Å². The van der Waals surface area contributed by atoms with Crippen LogP contribution in [0, 0.1) is 0 Å². The zero-order valence-corrected chi connectivity index (χ0v) is 11.2. The third kappa shape index (κ3) is 2.97. The van der Waals surface area contributed by atoms with Crippen molar-refractivity contribution in [2.75, 3.05) is 5.32 Å². The number of nitrogens with one attached hydrogen (secondary N) is 2. The average molecular weight is 274 g/mol. The van der Waals surface area contributed by atoms with Crippen molar-refractivity contribution in [2.24, 2.45) is 5.73 Å². The number of anilines is 1. The highest BCUT2D eigenvalue weighted by Crippen LogP contribution is 2.18. The smallest absolute Gasteiger partial charge is 0.232 e. The van der Waals surface area contributed by atoms with Crippen LogP contribution in [0.4, 0.5) is 5.82 Å². The zero-order chi connectivity index (χ0) is 13.8. The maximum Gasteiger partial charge on any atom is 0.232 e. The number of carbonyl (C=O) groups excluding carboxylic acids is 1. The molecule has 5 nitrogen and oxygen atoms in total. The summed E-state index contributed by atoms with van der Waals surface area (Å²) in [6.07, 6.45) is 1.49. The molecule has 0 radical (unpaired) electrons. The predicted molar refractivity (Wildman–Crippen MR) is 78.0 cm³/mol. The number of hydrogen-bond donors (Lipinski definition) is 3. The summed E-state index contributed by atoms with van der Waals surface area (Å²) in [4.78, 5) is 12.3. The molecular formula is C13H14N4OS. The van der Waals surface area contributed by atoms with E-state index < -0.39 is 0 Å². The number of amides is 1. The molecule has 1 unspecified atom stereocenters. The van der Waals surface area contributed by atoms with Gasteiger partial charge in [-0.15, -0.1) is 0 Å². The number of nitrogens with two attached hydrogens (primary N) is 1. The maximum absolute atomic E-state index is 12.1. The van der Waals surface area contributed by atoms with Crippen molar-refractivity contribution in [1.82, 2.24) is 10.2 Å². The van der Waals surface area contributed by atoms with E-state index in [0.29, 0.717) is 11.4 Å². The molecule has 0 saturated heterocycles. The fourth-order valence-corrected chi connectivity index (χ4v) is 1.85. The number of benzene rings is 1. The zero-order valence-electron chi connectivity index (χ0n) is 10.4. The number of rotatable bonds is 4. The Hall–Kier alpha value is -2.21. The van der Waals surface area contributed by atoms with Gasteiger partial charge in [-0.25, -0.2) is 0 Å². The molecule has 6 heteroatoms. The van der Waals surface area contributed by atoms with Gasteiger partial charge in [0.05, 0.1) is 17.7 Å². The Morgan fingerprint density at radius 3 is 2.74 bits per heavy atom. The molecule has 19 heavy (non-hydrogen) atoms. The van der Waals surface area contributed by atoms with Crippen LogP contribution in [-0.2, 0) is 4.79 Å². The molecule has 1 aromatic carbocycles. The fourth-order valence-electron chi connectivity index (χ4n) is 1.69. The van der Waals surface area contributed by atoms with Crippen molar-refractivity contribution in [1.29, 1.82) is 0 Å². The Labute approximate surface area is 116 Å². The first kappa shape index (κ1) is 13.2. The van der Waals surface area contributed by atoms with Gasteiger partial charge in [0, 0.05) is 0 Å². The van der Waals surface area contributed by atoms with E-state index in [0.717, 1.165) is 5.56 Å². The molecule has 0 aliphatic rings. The molecule has 1 heterocycles. The van der Waals surface area contributed by atoms with E-state index in [-0.39, 0.29) is 16.8 Å². The van der Waals surface area contributed by atoms with Crippen LogP contribution in [0.2, 0.25) is 0 Å². The molecule has 4 N–H and O–H groups in total. The lowest BCUT2D eigenvalue weighted by molar-refractivity contribution is -0.117. The highest BCUT2D eigenvalue weighted by molar-refractivity contribution is 7.80. The van der Waals surface area contributed by atoms with E-state index in [9.17, 15) is 4.79 Å². The van der Waals surface area contributed by atoms with Crippen molar-refractivity contribution < 1.29 is 4.79 Å². The molecule has 0 aliphatic carbocycles. The maximum atomic E-state index is 12.1. The number of nitrogens with zero attached hydrogens (tertiary/aromatic N) is 1. The molecule has 1 amide bonds. The standard InChI is InChI=1S/C13H14N4OS/c1-8(9-5-3-2-4-6-9)13(18)16-12-10(11(14)19)7-15-17-12/h2-8H,1H3,(H2,14,19)(H2,15,16,17,18). The third-order valence-corrected chi connectivity index (χ3v) is 3.07. The third-order valence-electron chi connectivity index (χ3n) is 2.85. The first-order valence-electron chi connectivity index (χ1n) is 5.78. The largest absolute Gasteiger partial charge is 0.389 e. The van der Waals surface area contributed by atoms with E-state index in [1.54, 1.807) is 0 Å². The quantitative estimate of drug-likeness (QED) is 0.742. The van der Waals surface area contributed by atoms with E-state index >= 15 is 0 Å². The van der Waals surface area contributed by atoms with Crippen molar-refractivity contribution in [3.05, 3.63) is 47.7 Å². The molecule has 2 aromatic rings. The van der Waals surface area contributed by atoms with Gasteiger partial charge in [-0.05, 0) is 12.5 Å². The Bertz CT molecular complexity index is 594. The van der Waals surface area contributed by atoms with Crippen LogP contribution >= 0.6 is 12.2 Å². The lowest BCUT2D eigenvalue weighted by Gasteiger charge is -2.12. The van der Waals surface area contributed by atoms with Gasteiger partial charge in [-0.3, -0.25) is 9.89 Å². The SMILES string of the molecule is CC(C(=O)Nc1[nH]ncc1C(N)=S)c1ccccc1. The second-order valence-electron chi connectivity index (χ2n) is 4.14. The number of carbonyl (C=O) groups is 1. The van der Waals surface area contributed by atoms with E-state index in [1.807, 2.05) is 37.3 Å². The normalized spacial score (nSPS) is 11.8. The average Bonchev–Trinajstić information content (AvgIpc) is 2.87. The van der Waals surface area contributed by atoms with Crippen molar-refractivity contribution in [2.45, 2.75) is 12.8 Å². The van der Waals surface area contributed by atoms with Crippen LogP contribution in [0.3, 0.4) is 0 Å². The van der Waals surface area contributed by atoms with Crippen molar-refractivity contribution in [3.63, 3.8) is 0 Å². The summed E-state index contributed by atoms with van der Waals surface area (Å²) >= 11 is 4.88. The molecule has 2 rings (SSSR count). The molecule has 0 fully saturated rings. The molecular weight excluding hydrogens is 260 g/mol. The Morgan fingerprint density at radius 1 is 1.42 bits per heavy atom. The summed E-state index contributed by atoms with van der Waals surface area (Å²) in [5.74, 6) is 0.0110. The summed E-state index contributed by atoms with van der Waals surface area (Å²) in [7, 11) is 0. The fraction of sp³-hybridized carbons (Fsp3) is 0.154. The van der Waals surface area contributed by atoms with E-state index in [4.69, 9.17) is 18.0 Å². The molecule has 0 spiro atoms. The molecule has 0 bridgehead atoms. The molecule has 0 saturated carbocycles. The first-order valence-corrected chi connectivity index (χ1v) is 6.19. The minimum atomic E-state index is -0.274. The van der Waals surface area contributed by atoms with Crippen LogP contribution in [0.15, 0.2) is 36.5 Å². The number of hydrogen-bond acceptors (Lipinski definition) is 3. The number of H-pyrrole nitrogens is 1. The van der Waals surface area contributed by atoms with Gasteiger partial charge in [-0.2, -0.15) is 5.10 Å². The van der Waals surface area contributed by atoms with Crippen molar-refractivity contribution in [3.8, 4) is 0 Å². The second-order valence-corrected chi connectivity index (χ2v) is 4.58. The highest BCUT2D eigenvalue weighted by Gasteiger charge is 2.17.